The van der Waals surface area contributed by atoms with Gasteiger partial charge in [-0.25, -0.2) is 0 Å². The van der Waals surface area contributed by atoms with Crippen LogP contribution in [-0.4, -0.2) is 46.0 Å². The molecule has 0 spiro atoms. The van der Waals surface area contributed by atoms with Crippen LogP contribution in [0.4, 0.5) is 0 Å². The standard InChI is InChI=1S/C17H22N4O4/c1-21-15(17(24)19-14(8-22)16(18)23)12-7-11(5-6-13(12)20-21)25-9-10-3-2-4-10/h5-7,10,14,22H,2-4,8-9H2,1H3,(H2,18,23)(H,19,24)/t14-/m0/s1. The summed E-state index contributed by atoms with van der Waals surface area (Å²) < 4.78 is 7.26. The fourth-order valence-corrected chi connectivity index (χ4v) is 2.84. The second-order valence-electron chi connectivity index (χ2n) is 6.37. The molecule has 1 aromatic carbocycles. The number of rotatable bonds is 7. The van der Waals surface area contributed by atoms with Gasteiger partial charge in [-0.1, -0.05) is 6.42 Å². The average Bonchev–Trinajstić information content (AvgIpc) is 2.85. The molecule has 134 valence electrons. The van der Waals surface area contributed by atoms with E-state index in [-0.39, 0.29) is 5.69 Å². The van der Waals surface area contributed by atoms with Crippen molar-refractivity contribution in [2.75, 3.05) is 13.2 Å². The van der Waals surface area contributed by atoms with Gasteiger partial charge in [0.2, 0.25) is 5.91 Å². The number of amides is 2. The summed E-state index contributed by atoms with van der Waals surface area (Å²) in [6.07, 6.45) is 3.64. The molecule has 8 nitrogen and oxygen atoms in total. The lowest BCUT2D eigenvalue weighted by atomic mass is 9.86. The first-order valence-electron chi connectivity index (χ1n) is 8.30. The molecule has 1 atom stereocenters. The Morgan fingerprint density at radius 1 is 1.48 bits per heavy atom. The molecule has 0 radical (unpaired) electrons. The molecule has 2 aromatic rings. The summed E-state index contributed by atoms with van der Waals surface area (Å²) >= 11 is 0. The van der Waals surface area contributed by atoms with Crippen molar-refractivity contribution in [3.63, 3.8) is 0 Å². The number of nitrogens with zero attached hydrogens (tertiary/aromatic N) is 2. The molecule has 0 aliphatic heterocycles. The molecule has 25 heavy (non-hydrogen) atoms. The van der Waals surface area contributed by atoms with E-state index in [4.69, 9.17) is 15.6 Å². The van der Waals surface area contributed by atoms with Crippen LogP contribution in [0.2, 0.25) is 0 Å². The Morgan fingerprint density at radius 2 is 2.24 bits per heavy atom. The highest BCUT2D eigenvalue weighted by Gasteiger charge is 2.23. The maximum absolute atomic E-state index is 12.5. The first-order chi connectivity index (χ1) is 12.0. The van der Waals surface area contributed by atoms with Gasteiger partial charge in [-0.2, -0.15) is 5.10 Å². The van der Waals surface area contributed by atoms with Crippen LogP contribution in [0.1, 0.15) is 29.8 Å². The third-order valence-electron chi connectivity index (χ3n) is 4.56. The lowest BCUT2D eigenvalue weighted by Gasteiger charge is -2.25. The summed E-state index contributed by atoms with van der Waals surface area (Å²) in [7, 11) is 1.64. The maximum atomic E-state index is 12.5. The third kappa shape index (κ3) is 3.58. The predicted octanol–water partition coefficient (Wildman–Crippen LogP) is 0.328. The Bertz CT molecular complexity index is 797. The Labute approximate surface area is 144 Å². The van der Waals surface area contributed by atoms with Crippen molar-refractivity contribution < 1.29 is 19.4 Å². The number of nitrogens with two attached hydrogens (primary N) is 1. The molecule has 0 saturated heterocycles. The van der Waals surface area contributed by atoms with E-state index in [9.17, 15) is 9.59 Å². The molecule has 1 fully saturated rings. The van der Waals surface area contributed by atoms with Crippen molar-refractivity contribution in [3.05, 3.63) is 23.9 Å². The number of carbonyl (C=O) groups excluding carboxylic acids is 2. The molecule has 8 heteroatoms. The summed E-state index contributed by atoms with van der Waals surface area (Å²) in [5.41, 5.74) is 6.08. The smallest absolute Gasteiger partial charge is 0.270 e. The monoisotopic (exact) mass is 346 g/mol. The molecule has 1 heterocycles. The summed E-state index contributed by atoms with van der Waals surface area (Å²) in [6, 6.07) is 4.25. The normalized spacial score (nSPS) is 15.6. The van der Waals surface area contributed by atoms with Crippen LogP contribution in [0.5, 0.6) is 5.75 Å². The van der Waals surface area contributed by atoms with Gasteiger partial charge in [0.15, 0.2) is 0 Å². The molecular formula is C17H22N4O4. The molecule has 1 aromatic heterocycles. The quantitative estimate of drug-likeness (QED) is 0.667. The predicted molar refractivity (Wildman–Crippen MR) is 91.1 cm³/mol. The fourth-order valence-electron chi connectivity index (χ4n) is 2.84. The number of benzene rings is 1. The first-order valence-corrected chi connectivity index (χ1v) is 8.30. The van der Waals surface area contributed by atoms with E-state index in [1.165, 1.54) is 23.9 Å². The third-order valence-corrected chi connectivity index (χ3v) is 4.56. The van der Waals surface area contributed by atoms with Gasteiger partial charge in [0.25, 0.3) is 5.91 Å². The van der Waals surface area contributed by atoms with Crippen LogP contribution in [-0.2, 0) is 11.8 Å². The number of aryl methyl sites for hydroxylation is 1. The SMILES string of the molecule is Cn1nc2ccc(OCC3CCC3)cc2c1C(=O)N[C@@H](CO)C(N)=O. The van der Waals surface area contributed by atoms with Crippen LogP contribution in [0.15, 0.2) is 18.2 Å². The molecule has 1 aliphatic rings. The van der Waals surface area contributed by atoms with Gasteiger partial charge in [0.1, 0.15) is 17.5 Å². The van der Waals surface area contributed by atoms with Crippen LogP contribution in [0.3, 0.4) is 0 Å². The molecule has 4 N–H and O–H groups in total. The Morgan fingerprint density at radius 3 is 2.84 bits per heavy atom. The highest BCUT2D eigenvalue weighted by molar-refractivity contribution is 6.06. The maximum Gasteiger partial charge on any atom is 0.270 e. The van der Waals surface area contributed by atoms with Crippen molar-refractivity contribution in [1.82, 2.24) is 15.1 Å². The number of aliphatic hydroxyl groups is 1. The number of hydrogen-bond donors (Lipinski definition) is 3. The number of fused-ring (bicyclic) bond motifs is 1. The number of nitrogens with one attached hydrogen (secondary N) is 1. The zero-order valence-corrected chi connectivity index (χ0v) is 14.1. The molecular weight excluding hydrogens is 324 g/mol. The van der Waals surface area contributed by atoms with Gasteiger partial charge >= 0.3 is 0 Å². The fraction of sp³-hybridized carbons (Fsp3) is 0.471. The van der Waals surface area contributed by atoms with Gasteiger partial charge < -0.3 is 20.9 Å². The van der Waals surface area contributed by atoms with E-state index < -0.39 is 24.5 Å². The molecule has 3 rings (SSSR count). The number of aromatic nitrogens is 2. The Hall–Kier alpha value is -2.61. The topological polar surface area (TPSA) is 119 Å². The van der Waals surface area contributed by atoms with Gasteiger partial charge in [-0.15, -0.1) is 0 Å². The number of hydrogen-bond acceptors (Lipinski definition) is 5. The highest BCUT2D eigenvalue weighted by atomic mass is 16.5. The van der Waals surface area contributed by atoms with Crippen LogP contribution < -0.4 is 15.8 Å². The average molecular weight is 346 g/mol. The lowest BCUT2D eigenvalue weighted by Crippen LogP contribution is -2.47. The van der Waals surface area contributed by atoms with Crippen molar-refractivity contribution in [1.29, 1.82) is 0 Å². The summed E-state index contributed by atoms with van der Waals surface area (Å²) in [5, 5.41) is 16.5. The number of aliphatic hydroxyl groups excluding tert-OH is 1. The van der Waals surface area contributed by atoms with Crippen LogP contribution in [0, 0.1) is 5.92 Å². The molecule has 1 aliphatic carbocycles. The second-order valence-corrected chi connectivity index (χ2v) is 6.37. The number of carbonyl (C=O) groups is 2. The number of ether oxygens (including phenoxy) is 1. The summed E-state index contributed by atoms with van der Waals surface area (Å²) in [5.74, 6) is -0.0471. The van der Waals surface area contributed by atoms with Gasteiger partial charge in [-0.05, 0) is 37.0 Å². The van der Waals surface area contributed by atoms with Gasteiger partial charge in [0.05, 0.1) is 18.7 Å². The van der Waals surface area contributed by atoms with E-state index >= 15 is 0 Å². The highest BCUT2D eigenvalue weighted by Crippen LogP contribution is 2.28. The molecule has 2 amide bonds. The zero-order valence-electron chi connectivity index (χ0n) is 14.1. The van der Waals surface area contributed by atoms with E-state index in [1.807, 2.05) is 6.07 Å². The first kappa shape index (κ1) is 17.2. The lowest BCUT2D eigenvalue weighted by molar-refractivity contribution is -0.120. The van der Waals surface area contributed by atoms with Crippen LogP contribution in [0.25, 0.3) is 10.9 Å². The van der Waals surface area contributed by atoms with Gasteiger partial charge in [-0.3, -0.25) is 14.3 Å². The second kappa shape index (κ2) is 7.10. The van der Waals surface area contributed by atoms with E-state index in [1.54, 1.807) is 19.2 Å². The number of primary amides is 1. The van der Waals surface area contributed by atoms with E-state index in [2.05, 4.69) is 10.4 Å². The molecule has 0 unspecified atom stereocenters. The van der Waals surface area contributed by atoms with Crippen molar-refractivity contribution >= 4 is 22.7 Å². The van der Waals surface area contributed by atoms with E-state index in [0.717, 1.165) is 0 Å². The zero-order chi connectivity index (χ0) is 18.0. The Balaban J connectivity index is 1.84. The van der Waals surface area contributed by atoms with Crippen molar-refractivity contribution in [2.45, 2.75) is 25.3 Å². The summed E-state index contributed by atoms with van der Waals surface area (Å²) in [4.78, 5) is 23.7. The summed E-state index contributed by atoms with van der Waals surface area (Å²) in [6.45, 7) is 0.105. The van der Waals surface area contributed by atoms with Crippen LogP contribution >= 0.6 is 0 Å². The molecule has 0 bridgehead atoms. The molecule has 1 saturated carbocycles. The minimum absolute atomic E-state index is 0.281. The minimum atomic E-state index is -1.14. The van der Waals surface area contributed by atoms with Gasteiger partial charge in [0, 0.05) is 12.4 Å². The minimum Gasteiger partial charge on any atom is -0.493 e. The largest absolute Gasteiger partial charge is 0.493 e. The van der Waals surface area contributed by atoms with Crippen molar-refractivity contribution in [2.24, 2.45) is 18.7 Å². The Kier molecular flexibility index (Phi) is 4.89. The van der Waals surface area contributed by atoms with Crippen molar-refractivity contribution in [3.8, 4) is 5.75 Å². The van der Waals surface area contributed by atoms with E-state index in [0.29, 0.717) is 29.2 Å².